The highest BCUT2D eigenvalue weighted by Crippen LogP contribution is 2.18. The van der Waals surface area contributed by atoms with Crippen molar-refractivity contribution in [2.45, 2.75) is 0 Å². The van der Waals surface area contributed by atoms with Gasteiger partial charge in [-0.3, -0.25) is 4.79 Å². The average molecular weight is 200 g/mol. The van der Waals surface area contributed by atoms with Crippen LogP contribution in [0.15, 0.2) is 23.3 Å². The van der Waals surface area contributed by atoms with E-state index in [1.165, 1.54) is 18.2 Å². The summed E-state index contributed by atoms with van der Waals surface area (Å²) in [7, 11) is 0. The van der Waals surface area contributed by atoms with Crippen LogP contribution in [0.4, 0.5) is 4.39 Å². The minimum absolute atomic E-state index is 0.181. The molecule has 0 saturated heterocycles. The van der Waals surface area contributed by atoms with Crippen molar-refractivity contribution >= 4 is 17.5 Å². The predicted octanol–water partition coefficient (Wildman–Crippen LogP) is 2.93. The Bertz CT molecular complexity index is 401. The van der Waals surface area contributed by atoms with Gasteiger partial charge in [0.25, 0.3) is 5.91 Å². The van der Waals surface area contributed by atoms with Crippen molar-refractivity contribution in [3.05, 3.63) is 45.0 Å². The molecule has 0 atom stereocenters. The summed E-state index contributed by atoms with van der Waals surface area (Å²) in [6, 6.07) is 3.88. The Kier molecular flexibility index (Phi) is 2.84. The lowest BCUT2D eigenvalue weighted by Crippen LogP contribution is -1.97. The van der Waals surface area contributed by atoms with Gasteiger partial charge in [-0.25, -0.2) is 4.39 Å². The maximum atomic E-state index is 13.0. The van der Waals surface area contributed by atoms with E-state index in [1.54, 1.807) is 0 Å². The molecule has 0 N–H and O–H groups in total. The van der Waals surface area contributed by atoms with Gasteiger partial charge in [-0.05, 0) is 22.8 Å². The topological polar surface area (TPSA) is 65.8 Å². The Morgan fingerprint density at radius 2 is 2.31 bits per heavy atom. The maximum Gasteiger partial charge on any atom is 0.252 e. The largest absolute Gasteiger partial charge is 0.287 e. The van der Waals surface area contributed by atoms with Crippen molar-refractivity contribution < 1.29 is 9.18 Å². The first-order valence-corrected chi connectivity index (χ1v) is 3.58. The molecule has 0 unspecified atom stereocenters. The Labute approximate surface area is 77.6 Å². The zero-order valence-corrected chi connectivity index (χ0v) is 6.99. The summed E-state index contributed by atoms with van der Waals surface area (Å²) in [6.45, 7) is 0. The summed E-state index contributed by atoms with van der Waals surface area (Å²) >= 11 is 5.40. The number of hydrogen-bond donors (Lipinski definition) is 0. The van der Waals surface area contributed by atoms with E-state index in [1.807, 2.05) is 0 Å². The van der Waals surface area contributed by atoms with Crippen LogP contribution in [-0.2, 0) is 0 Å². The Hall–Kier alpha value is -1.58. The van der Waals surface area contributed by atoms with E-state index in [-0.39, 0.29) is 10.6 Å². The molecule has 1 aromatic carbocycles. The first kappa shape index (κ1) is 9.51. The lowest BCUT2D eigenvalue weighted by Gasteiger charge is -1.97. The zero-order chi connectivity index (χ0) is 9.84. The number of halogens is 2. The van der Waals surface area contributed by atoms with Crippen molar-refractivity contribution in [2.75, 3.05) is 0 Å². The number of azide groups is 1. The van der Waals surface area contributed by atoms with Crippen molar-refractivity contribution in [1.29, 1.82) is 0 Å². The van der Waals surface area contributed by atoms with Gasteiger partial charge in [0.05, 0.1) is 10.6 Å². The van der Waals surface area contributed by atoms with Crippen molar-refractivity contribution in [3.63, 3.8) is 0 Å². The molecule has 0 aliphatic carbocycles. The van der Waals surface area contributed by atoms with Crippen LogP contribution in [0.1, 0.15) is 10.4 Å². The molecule has 1 aromatic rings. The van der Waals surface area contributed by atoms with Crippen LogP contribution < -0.4 is 0 Å². The number of amides is 1. The van der Waals surface area contributed by atoms with Crippen LogP contribution in [0.25, 0.3) is 10.4 Å². The highest BCUT2D eigenvalue weighted by molar-refractivity contribution is 6.31. The monoisotopic (exact) mass is 199 g/mol. The number of benzene rings is 1. The summed E-state index contributed by atoms with van der Waals surface area (Å²) in [5, 5.41) is 2.56. The van der Waals surface area contributed by atoms with Gasteiger partial charge in [-0.1, -0.05) is 17.7 Å². The van der Waals surface area contributed by atoms with E-state index in [4.69, 9.17) is 17.1 Å². The van der Waals surface area contributed by atoms with Crippen LogP contribution in [0.2, 0.25) is 5.02 Å². The normalized spacial score (nSPS) is 9.08. The third-order valence-corrected chi connectivity index (χ3v) is 1.61. The summed E-state index contributed by atoms with van der Waals surface area (Å²) in [4.78, 5) is 13.1. The lowest BCUT2D eigenvalue weighted by molar-refractivity contribution is 0.0996. The Morgan fingerprint density at radius 1 is 1.62 bits per heavy atom. The SMILES string of the molecule is [N-]=[N+]=NC(=O)c1cccc(Cl)c1F. The minimum atomic E-state index is -0.984. The fourth-order valence-electron chi connectivity index (χ4n) is 0.763. The van der Waals surface area contributed by atoms with Gasteiger partial charge >= 0.3 is 0 Å². The smallest absolute Gasteiger partial charge is 0.252 e. The predicted molar refractivity (Wildman–Crippen MR) is 44.9 cm³/mol. The molecule has 0 heterocycles. The average Bonchev–Trinajstić information content (AvgIpc) is 2.10. The minimum Gasteiger partial charge on any atom is -0.287 e. The molecule has 0 radical (unpaired) electrons. The van der Waals surface area contributed by atoms with Crippen LogP contribution in [0, 0.1) is 5.82 Å². The molecule has 0 bridgehead atoms. The fourth-order valence-corrected chi connectivity index (χ4v) is 0.938. The van der Waals surface area contributed by atoms with E-state index in [2.05, 4.69) is 10.0 Å². The van der Waals surface area contributed by atoms with Crippen molar-refractivity contribution in [3.8, 4) is 0 Å². The lowest BCUT2D eigenvalue weighted by atomic mass is 10.2. The second-order valence-corrected chi connectivity index (χ2v) is 2.50. The molecule has 0 aromatic heterocycles. The van der Waals surface area contributed by atoms with Gasteiger partial charge in [0.1, 0.15) is 0 Å². The van der Waals surface area contributed by atoms with Gasteiger partial charge in [0.15, 0.2) is 5.82 Å². The molecule has 0 saturated carbocycles. The number of nitrogens with zero attached hydrogens (tertiary/aromatic N) is 3. The highest BCUT2D eigenvalue weighted by Gasteiger charge is 2.11. The maximum absolute atomic E-state index is 13.0. The molecule has 0 aliphatic heterocycles. The van der Waals surface area contributed by atoms with E-state index in [0.717, 1.165) is 0 Å². The highest BCUT2D eigenvalue weighted by atomic mass is 35.5. The van der Waals surface area contributed by atoms with Gasteiger partial charge in [0.2, 0.25) is 0 Å². The standard InChI is InChI=1S/C7H3ClFN3O/c8-5-3-1-2-4(6(5)9)7(13)11-12-10/h1-3H. The molecule has 0 spiro atoms. The summed E-state index contributed by atoms with van der Waals surface area (Å²) in [5.74, 6) is -1.86. The molecular formula is C7H3ClFN3O. The zero-order valence-electron chi connectivity index (χ0n) is 6.24. The third-order valence-electron chi connectivity index (χ3n) is 1.32. The van der Waals surface area contributed by atoms with Gasteiger partial charge < -0.3 is 0 Å². The van der Waals surface area contributed by atoms with Crippen LogP contribution in [0.5, 0.6) is 0 Å². The first-order valence-electron chi connectivity index (χ1n) is 3.20. The van der Waals surface area contributed by atoms with Crippen molar-refractivity contribution in [1.82, 2.24) is 0 Å². The van der Waals surface area contributed by atoms with E-state index in [0.29, 0.717) is 0 Å². The fraction of sp³-hybridized carbons (Fsp3) is 0. The number of carbonyl (C=O) groups excluding carboxylic acids is 1. The summed E-state index contributed by atoms with van der Waals surface area (Å²) in [5.41, 5.74) is 7.61. The Balaban J connectivity index is 3.22. The van der Waals surface area contributed by atoms with Gasteiger partial charge in [-0.2, -0.15) is 0 Å². The molecule has 1 rings (SSSR count). The van der Waals surface area contributed by atoms with Gasteiger partial charge in [-0.15, -0.1) is 0 Å². The molecule has 13 heavy (non-hydrogen) atoms. The molecule has 66 valence electrons. The first-order chi connectivity index (χ1) is 6.16. The molecule has 1 amide bonds. The second kappa shape index (κ2) is 3.89. The van der Waals surface area contributed by atoms with Crippen LogP contribution in [0.3, 0.4) is 0 Å². The summed E-state index contributed by atoms with van der Waals surface area (Å²) < 4.78 is 13.0. The van der Waals surface area contributed by atoms with Crippen LogP contribution >= 0.6 is 11.6 Å². The number of carbonyl (C=O) groups is 1. The molecule has 0 aliphatic rings. The second-order valence-electron chi connectivity index (χ2n) is 2.10. The third kappa shape index (κ3) is 1.96. The molecule has 4 nitrogen and oxygen atoms in total. The molecule has 0 fully saturated rings. The van der Waals surface area contributed by atoms with E-state index >= 15 is 0 Å². The van der Waals surface area contributed by atoms with Gasteiger partial charge in [0, 0.05) is 4.91 Å². The van der Waals surface area contributed by atoms with Crippen LogP contribution in [-0.4, -0.2) is 5.91 Å². The number of rotatable bonds is 1. The molecule has 6 heteroatoms. The van der Waals surface area contributed by atoms with Crippen molar-refractivity contribution in [2.24, 2.45) is 5.11 Å². The molecular weight excluding hydrogens is 197 g/mol. The Morgan fingerprint density at radius 3 is 2.92 bits per heavy atom. The summed E-state index contributed by atoms with van der Waals surface area (Å²) in [6.07, 6.45) is 0. The number of hydrogen-bond acceptors (Lipinski definition) is 1. The van der Waals surface area contributed by atoms with E-state index < -0.39 is 11.7 Å². The quantitative estimate of drug-likeness (QED) is 0.390. The van der Waals surface area contributed by atoms with E-state index in [9.17, 15) is 9.18 Å².